The van der Waals surface area contributed by atoms with E-state index in [0.717, 1.165) is 31.7 Å². The lowest BCUT2D eigenvalue weighted by Gasteiger charge is -2.03. The van der Waals surface area contributed by atoms with Gasteiger partial charge in [-0.05, 0) is 17.7 Å². The van der Waals surface area contributed by atoms with Gasteiger partial charge in [-0.1, -0.05) is 90.6 Å². The summed E-state index contributed by atoms with van der Waals surface area (Å²) in [5.74, 6) is 0.291. The summed E-state index contributed by atoms with van der Waals surface area (Å²) in [7, 11) is 0. The summed E-state index contributed by atoms with van der Waals surface area (Å²) in [6, 6.07) is 29.9. The third-order valence-electron chi connectivity index (χ3n) is 4.08. The maximum absolute atomic E-state index is 12.3. The highest BCUT2D eigenvalue weighted by Gasteiger charge is 2.16. The lowest BCUT2D eigenvalue weighted by molar-refractivity contribution is -0.113. The Hall–Kier alpha value is -2.89. The number of nitrogens with one attached hydrogen (secondary N) is 1. The minimum absolute atomic E-state index is 0.0334. The molecule has 0 spiro atoms. The molecule has 0 aliphatic heterocycles. The van der Waals surface area contributed by atoms with Crippen LogP contribution in [0.25, 0.3) is 21.7 Å². The molecule has 1 amide bonds. The van der Waals surface area contributed by atoms with Gasteiger partial charge in [0.15, 0.2) is 4.34 Å². The van der Waals surface area contributed by atoms with Crippen LogP contribution in [0.4, 0.5) is 5.69 Å². The molecule has 0 aliphatic carbocycles. The minimum atomic E-state index is -0.0334. The number of rotatable bonds is 6. The molecule has 0 bridgehead atoms. The number of thioether (sulfide) groups is 1. The van der Waals surface area contributed by atoms with Gasteiger partial charge in [-0.2, -0.15) is 0 Å². The van der Waals surface area contributed by atoms with Gasteiger partial charge in [-0.15, -0.1) is 11.3 Å². The number of aromatic nitrogens is 1. The molecular formula is C23H18N2OS2. The lowest BCUT2D eigenvalue weighted by atomic mass is 10.1. The summed E-state index contributed by atoms with van der Waals surface area (Å²) in [4.78, 5) is 18.2. The molecule has 1 aromatic heterocycles. The third kappa shape index (κ3) is 4.50. The summed E-state index contributed by atoms with van der Waals surface area (Å²) >= 11 is 3.10. The van der Waals surface area contributed by atoms with Gasteiger partial charge in [-0.3, -0.25) is 4.79 Å². The van der Waals surface area contributed by atoms with Crippen LogP contribution in [0, 0.1) is 0 Å². The second kappa shape index (κ2) is 8.87. The Kier molecular flexibility index (Phi) is 5.85. The van der Waals surface area contributed by atoms with E-state index in [1.54, 1.807) is 11.3 Å². The van der Waals surface area contributed by atoms with Crippen molar-refractivity contribution in [2.24, 2.45) is 0 Å². The first-order valence-electron chi connectivity index (χ1n) is 8.89. The van der Waals surface area contributed by atoms with Crippen molar-refractivity contribution in [3.05, 3.63) is 91.0 Å². The quantitative estimate of drug-likeness (QED) is 0.390. The number of para-hydroxylation sites is 1. The molecule has 138 valence electrons. The zero-order chi connectivity index (χ0) is 19.2. The van der Waals surface area contributed by atoms with E-state index < -0.39 is 0 Å². The van der Waals surface area contributed by atoms with Crippen LogP contribution in [0.5, 0.6) is 0 Å². The van der Waals surface area contributed by atoms with Crippen LogP contribution in [0.2, 0.25) is 0 Å². The number of thiazole rings is 1. The van der Waals surface area contributed by atoms with Crippen molar-refractivity contribution in [3.8, 4) is 21.7 Å². The van der Waals surface area contributed by atoms with E-state index >= 15 is 0 Å². The predicted molar refractivity (Wildman–Crippen MR) is 119 cm³/mol. The largest absolute Gasteiger partial charge is 0.325 e. The minimum Gasteiger partial charge on any atom is -0.325 e. The van der Waals surface area contributed by atoms with Gasteiger partial charge in [0.05, 0.1) is 16.3 Å². The second-order valence-electron chi connectivity index (χ2n) is 6.09. The Bertz CT molecular complexity index is 991. The molecule has 3 nitrogen and oxygen atoms in total. The zero-order valence-electron chi connectivity index (χ0n) is 15.0. The molecule has 0 unspecified atom stereocenters. The molecule has 0 saturated heterocycles. The first kappa shape index (κ1) is 18.5. The standard InChI is InChI=1S/C23H18N2OS2/c26-20(24-19-14-8-3-9-15-19)16-27-23-25-21(17-10-4-1-5-11-17)22(28-23)18-12-6-2-7-13-18/h1-15H,16H2,(H,24,26). The maximum atomic E-state index is 12.3. The number of nitrogens with zero attached hydrogens (tertiary/aromatic N) is 1. The SMILES string of the molecule is O=C(CSc1nc(-c2ccccc2)c(-c2ccccc2)s1)Nc1ccccc1. The number of anilines is 1. The molecule has 1 N–H and O–H groups in total. The molecule has 4 aromatic rings. The summed E-state index contributed by atoms with van der Waals surface area (Å²) in [6.07, 6.45) is 0. The van der Waals surface area contributed by atoms with Crippen LogP contribution in [-0.4, -0.2) is 16.6 Å². The molecule has 1 heterocycles. The highest BCUT2D eigenvalue weighted by molar-refractivity contribution is 8.01. The molecule has 0 fully saturated rings. The van der Waals surface area contributed by atoms with Gasteiger partial charge < -0.3 is 5.32 Å². The Labute approximate surface area is 172 Å². The first-order valence-corrected chi connectivity index (χ1v) is 10.7. The van der Waals surface area contributed by atoms with Crippen molar-refractivity contribution in [1.82, 2.24) is 4.98 Å². The van der Waals surface area contributed by atoms with Crippen LogP contribution >= 0.6 is 23.1 Å². The van der Waals surface area contributed by atoms with Crippen molar-refractivity contribution < 1.29 is 4.79 Å². The summed E-state index contributed by atoms with van der Waals surface area (Å²) in [5.41, 5.74) is 3.99. The van der Waals surface area contributed by atoms with E-state index in [-0.39, 0.29) is 5.91 Å². The van der Waals surface area contributed by atoms with Gasteiger partial charge in [0.25, 0.3) is 0 Å². The van der Waals surface area contributed by atoms with Gasteiger partial charge >= 0.3 is 0 Å². The van der Waals surface area contributed by atoms with E-state index in [1.807, 2.05) is 66.7 Å². The Morgan fingerprint density at radius 2 is 1.39 bits per heavy atom. The van der Waals surface area contributed by atoms with Crippen LogP contribution in [0.15, 0.2) is 95.3 Å². The van der Waals surface area contributed by atoms with Crippen LogP contribution < -0.4 is 5.32 Å². The average molecular weight is 403 g/mol. The number of carbonyl (C=O) groups is 1. The van der Waals surface area contributed by atoms with Crippen LogP contribution in [0.1, 0.15) is 0 Å². The summed E-state index contributed by atoms with van der Waals surface area (Å²) < 4.78 is 0.890. The number of carbonyl (C=O) groups excluding carboxylic acids is 1. The van der Waals surface area contributed by atoms with E-state index in [2.05, 4.69) is 29.6 Å². The van der Waals surface area contributed by atoms with E-state index in [1.165, 1.54) is 11.8 Å². The molecule has 3 aromatic carbocycles. The molecule has 0 aliphatic rings. The van der Waals surface area contributed by atoms with Crippen LogP contribution in [0.3, 0.4) is 0 Å². The summed E-state index contributed by atoms with van der Waals surface area (Å²) in [5, 5.41) is 2.91. The van der Waals surface area contributed by atoms with Crippen molar-refractivity contribution in [3.63, 3.8) is 0 Å². The Morgan fingerprint density at radius 1 is 0.821 bits per heavy atom. The lowest BCUT2D eigenvalue weighted by Crippen LogP contribution is -2.13. The van der Waals surface area contributed by atoms with Crippen molar-refractivity contribution in [1.29, 1.82) is 0 Å². The number of amides is 1. The molecular weight excluding hydrogens is 384 g/mol. The molecule has 0 saturated carbocycles. The predicted octanol–water partition coefficient (Wildman–Crippen LogP) is 6.21. The van der Waals surface area contributed by atoms with Gasteiger partial charge in [0.1, 0.15) is 0 Å². The molecule has 0 atom stereocenters. The van der Waals surface area contributed by atoms with Gasteiger partial charge in [-0.25, -0.2) is 4.98 Å². The fourth-order valence-electron chi connectivity index (χ4n) is 2.78. The van der Waals surface area contributed by atoms with Crippen LogP contribution in [-0.2, 0) is 4.79 Å². The van der Waals surface area contributed by atoms with E-state index in [9.17, 15) is 4.79 Å². The molecule has 5 heteroatoms. The first-order chi connectivity index (χ1) is 13.8. The normalized spacial score (nSPS) is 10.6. The van der Waals surface area contributed by atoms with E-state index in [4.69, 9.17) is 4.98 Å². The highest BCUT2D eigenvalue weighted by Crippen LogP contribution is 2.40. The number of hydrogen-bond acceptors (Lipinski definition) is 4. The zero-order valence-corrected chi connectivity index (χ0v) is 16.7. The smallest absolute Gasteiger partial charge is 0.234 e. The summed E-state index contributed by atoms with van der Waals surface area (Å²) in [6.45, 7) is 0. The molecule has 4 rings (SSSR count). The monoisotopic (exact) mass is 402 g/mol. The highest BCUT2D eigenvalue weighted by atomic mass is 32.2. The third-order valence-corrected chi connectivity index (χ3v) is 6.32. The Morgan fingerprint density at radius 3 is 2.04 bits per heavy atom. The van der Waals surface area contributed by atoms with Crippen molar-refractivity contribution in [2.45, 2.75) is 4.34 Å². The topological polar surface area (TPSA) is 42.0 Å². The van der Waals surface area contributed by atoms with Crippen molar-refractivity contribution in [2.75, 3.05) is 11.1 Å². The number of benzene rings is 3. The molecule has 28 heavy (non-hydrogen) atoms. The fraction of sp³-hybridized carbons (Fsp3) is 0.0435. The van der Waals surface area contributed by atoms with E-state index in [0.29, 0.717) is 5.75 Å². The van der Waals surface area contributed by atoms with Gasteiger partial charge in [0, 0.05) is 11.3 Å². The fourth-order valence-corrected chi connectivity index (χ4v) is 4.76. The van der Waals surface area contributed by atoms with Crippen molar-refractivity contribution >= 4 is 34.7 Å². The van der Waals surface area contributed by atoms with Gasteiger partial charge in [0.2, 0.25) is 5.91 Å². The molecule has 0 radical (unpaired) electrons. The second-order valence-corrected chi connectivity index (χ2v) is 8.31. The number of hydrogen-bond donors (Lipinski definition) is 1. The maximum Gasteiger partial charge on any atom is 0.234 e. The average Bonchev–Trinajstić information content (AvgIpc) is 3.19. The Balaban J connectivity index is 1.55.